The lowest BCUT2D eigenvalue weighted by Gasteiger charge is -2.14. The number of aromatic nitrogens is 3. The van der Waals surface area contributed by atoms with Gasteiger partial charge in [0.05, 0.1) is 5.69 Å². The van der Waals surface area contributed by atoms with Gasteiger partial charge in [-0.1, -0.05) is 43.3 Å². The van der Waals surface area contributed by atoms with Crippen molar-refractivity contribution in [1.29, 1.82) is 0 Å². The first-order valence-electron chi connectivity index (χ1n) is 9.51. The molecule has 1 aromatic carbocycles. The topological polar surface area (TPSA) is 86.0 Å². The number of benzene rings is 1. The first-order valence-corrected chi connectivity index (χ1v) is 11.3. The summed E-state index contributed by atoms with van der Waals surface area (Å²) in [5.74, 6) is 0.514. The van der Waals surface area contributed by atoms with Crippen molar-refractivity contribution in [1.82, 2.24) is 19.4 Å². The number of carbonyl (C=O) groups excluding carboxylic acids is 1. The zero-order valence-corrected chi connectivity index (χ0v) is 18.5. The minimum atomic E-state index is -0.566. The van der Waals surface area contributed by atoms with Crippen LogP contribution in [0, 0.1) is 6.92 Å². The van der Waals surface area contributed by atoms with Crippen LogP contribution in [0.2, 0.25) is 0 Å². The summed E-state index contributed by atoms with van der Waals surface area (Å²) in [6.07, 6.45) is 0.785. The van der Waals surface area contributed by atoms with Gasteiger partial charge in [-0.25, -0.2) is 14.3 Å². The smallest absolute Gasteiger partial charge is 0.337 e. The third-order valence-corrected chi connectivity index (χ3v) is 6.60. The van der Waals surface area contributed by atoms with E-state index in [1.807, 2.05) is 39.8 Å². The molecule has 9 heteroatoms. The van der Waals surface area contributed by atoms with Crippen LogP contribution in [0.3, 0.4) is 0 Å². The highest BCUT2D eigenvalue weighted by Gasteiger charge is 2.21. The standard InChI is InChI=1S/C20H24N4O3S2/c1-5-13(4)21-15(25)11-23-17-16(29-19(22-17)28-6-2)18(26)24(20(23)27)14-9-7-12(3)8-10-14/h7-10,13H,5-6,11H2,1-4H3,(H,21,25). The third-order valence-electron chi connectivity index (χ3n) is 4.55. The summed E-state index contributed by atoms with van der Waals surface area (Å²) in [6, 6.07) is 7.15. The number of rotatable bonds is 7. The number of amides is 1. The van der Waals surface area contributed by atoms with E-state index in [0.29, 0.717) is 14.7 Å². The number of nitrogens with zero attached hydrogens (tertiary/aromatic N) is 3. The third kappa shape index (κ3) is 4.45. The maximum absolute atomic E-state index is 13.3. The van der Waals surface area contributed by atoms with E-state index in [9.17, 15) is 14.4 Å². The zero-order valence-electron chi connectivity index (χ0n) is 16.9. The van der Waals surface area contributed by atoms with Crippen LogP contribution in [-0.2, 0) is 11.3 Å². The van der Waals surface area contributed by atoms with Gasteiger partial charge in [0.15, 0.2) is 9.99 Å². The largest absolute Gasteiger partial charge is 0.352 e. The van der Waals surface area contributed by atoms with Gasteiger partial charge in [0.1, 0.15) is 11.2 Å². The second-order valence-corrected chi connectivity index (χ2v) is 9.30. The van der Waals surface area contributed by atoms with Crippen LogP contribution in [0.4, 0.5) is 0 Å². The summed E-state index contributed by atoms with van der Waals surface area (Å²) in [6.45, 7) is 7.62. The molecule has 0 aliphatic rings. The molecule has 1 atom stereocenters. The molecule has 0 saturated carbocycles. The van der Waals surface area contributed by atoms with Gasteiger partial charge in [-0.3, -0.25) is 14.2 Å². The van der Waals surface area contributed by atoms with E-state index in [1.165, 1.54) is 27.7 Å². The Morgan fingerprint density at radius 3 is 2.55 bits per heavy atom. The first kappa shape index (κ1) is 21.3. The van der Waals surface area contributed by atoms with E-state index in [4.69, 9.17) is 0 Å². The monoisotopic (exact) mass is 432 g/mol. The normalized spacial score (nSPS) is 12.3. The molecule has 3 aromatic rings. The number of carbonyl (C=O) groups is 1. The molecule has 0 aliphatic carbocycles. The van der Waals surface area contributed by atoms with Gasteiger partial charge in [-0.15, -0.1) is 11.3 Å². The number of thioether (sulfide) groups is 1. The van der Waals surface area contributed by atoms with Gasteiger partial charge in [0, 0.05) is 6.04 Å². The molecule has 2 heterocycles. The molecule has 2 aromatic heterocycles. The number of hydrogen-bond acceptors (Lipinski definition) is 6. The lowest BCUT2D eigenvalue weighted by Crippen LogP contribution is -2.43. The predicted octanol–water partition coefficient (Wildman–Crippen LogP) is 2.94. The average molecular weight is 433 g/mol. The number of hydrogen-bond donors (Lipinski definition) is 1. The van der Waals surface area contributed by atoms with E-state index in [-0.39, 0.29) is 24.1 Å². The van der Waals surface area contributed by atoms with Crippen LogP contribution in [0.15, 0.2) is 38.2 Å². The van der Waals surface area contributed by atoms with E-state index >= 15 is 0 Å². The lowest BCUT2D eigenvalue weighted by molar-refractivity contribution is -0.122. The second-order valence-electron chi connectivity index (χ2n) is 6.79. The Morgan fingerprint density at radius 2 is 1.93 bits per heavy atom. The molecule has 0 radical (unpaired) electrons. The Morgan fingerprint density at radius 1 is 1.24 bits per heavy atom. The van der Waals surface area contributed by atoms with Crippen molar-refractivity contribution < 1.29 is 4.79 Å². The Labute approximate surface area is 176 Å². The maximum Gasteiger partial charge on any atom is 0.337 e. The van der Waals surface area contributed by atoms with Crippen molar-refractivity contribution in [3.63, 3.8) is 0 Å². The molecule has 1 N–H and O–H groups in total. The van der Waals surface area contributed by atoms with Crippen molar-refractivity contribution in [3.8, 4) is 5.69 Å². The van der Waals surface area contributed by atoms with Crippen LogP contribution in [0.5, 0.6) is 0 Å². The Kier molecular flexibility index (Phi) is 6.59. The van der Waals surface area contributed by atoms with Crippen LogP contribution in [0.25, 0.3) is 16.0 Å². The quantitative estimate of drug-likeness (QED) is 0.580. The first-order chi connectivity index (χ1) is 13.8. The van der Waals surface area contributed by atoms with Gasteiger partial charge in [-0.05, 0) is 38.2 Å². The second kappa shape index (κ2) is 8.96. The maximum atomic E-state index is 13.3. The van der Waals surface area contributed by atoms with Crippen LogP contribution in [-0.4, -0.2) is 31.8 Å². The van der Waals surface area contributed by atoms with Gasteiger partial charge in [-0.2, -0.15) is 0 Å². The fourth-order valence-corrected chi connectivity index (χ4v) is 4.80. The Hall–Kier alpha value is -2.39. The van der Waals surface area contributed by atoms with Crippen LogP contribution < -0.4 is 16.6 Å². The van der Waals surface area contributed by atoms with Crippen molar-refractivity contribution in [2.24, 2.45) is 0 Å². The summed E-state index contributed by atoms with van der Waals surface area (Å²) in [5.41, 5.74) is 0.790. The SMILES string of the molecule is CCSc1nc2c(s1)c(=O)n(-c1ccc(C)cc1)c(=O)n2CC(=O)NC(C)CC. The van der Waals surface area contributed by atoms with Gasteiger partial charge in [0.25, 0.3) is 5.56 Å². The molecular formula is C20H24N4O3S2. The Balaban J connectivity index is 2.21. The minimum Gasteiger partial charge on any atom is -0.352 e. The summed E-state index contributed by atoms with van der Waals surface area (Å²) < 4.78 is 3.50. The lowest BCUT2D eigenvalue weighted by atomic mass is 10.2. The van der Waals surface area contributed by atoms with Crippen LogP contribution >= 0.6 is 23.1 Å². The molecule has 1 unspecified atom stereocenters. The van der Waals surface area contributed by atoms with Gasteiger partial charge >= 0.3 is 5.69 Å². The van der Waals surface area contributed by atoms with Crippen molar-refractivity contribution in [3.05, 3.63) is 50.7 Å². The molecule has 0 bridgehead atoms. The van der Waals surface area contributed by atoms with Crippen molar-refractivity contribution >= 4 is 39.4 Å². The highest BCUT2D eigenvalue weighted by atomic mass is 32.2. The summed E-state index contributed by atoms with van der Waals surface area (Å²) >= 11 is 2.76. The van der Waals surface area contributed by atoms with Crippen LogP contribution in [0.1, 0.15) is 32.8 Å². The molecule has 154 valence electrons. The fraction of sp³-hybridized carbons (Fsp3) is 0.400. The van der Waals surface area contributed by atoms with E-state index in [1.54, 1.807) is 12.1 Å². The molecule has 0 saturated heterocycles. The van der Waals surface area contributed by atoms with Gasteiger partial charge < -0.3 is 5.32 Å². The van der Waals surface area contributed by atoms with Gasteiger partial charge in [0.2, 0.25) is 5.91 Å². The number of thiazole rings is 1. The van der Waals surface area contributed by atoms with E-state index in [2.05, 4.69) is 10.3 Å². The number of aryl methyl sites for hydroxylation is 1. The molecule has 3 rings (SSSR count). The molecule has 29 heavy (non-hydrogen) atoms. The average Bonchev–Trinajstić information content (AvgIpc) is 3.11. The molecule has 7 nitrogen and oxygen atoms in total. The van der Waals surface area contributed by atoms with Crippen molar-refractivity contribution in [2.75, 3.05) is 5.75 Å². The summed E-state index contributed by atoms with van der Waals surface area (Å²) in [5, 5.41) is 2.87. The fourth-order valence-electron chi connectivity index (χ4n) is 2.83. The summed E-state index contributed by atoms with van der Waals surface area (Å²) in [7, 11) is 0. The number of fused-ring (bicyclic) bond motifs is 1. The van der Waals surface area contributed by atoms with Crippen molar-refractivity contribution in [2.45, 2.75) is 51.0 Å². The zero-order chi connectivity index (χ0) is 21.1. The molecule has 0 spiro atoms. The Bertz CT molecular complexity index is 1150. The summed E-state index contributed by atoms with van der Waals surface area (Å²) in [4.78, 5) is 43.4. The highest BCUT2D eigenvalue weighted by Crippen LogP contribution is 2.27. The number of nitrogens with one attached hydrogen (secondary N) is 1. The predicted molar refractivity (Wildman–Crippen MR) is 119 cm³/mol. The van der Waals surface area contributed by atoms with E-state index in [0.717, 1.165) is 22.3 Å². The molecule has 1 amide bonds. The molecule has 0 aliphatic heterocycles. The molecule has 0 fully saturated rings. The highest BCUT2D eigenvalue weighted by molar-refractivity contribution is 8.01. The molecular weight excluding hydrogens is 408 g/mol. The van der Waals surface area contributed by atoms with E-state index < -0.39 is 11.2 Å². The minimum absolute atomic E-state index is 0.00154.